The maximum Gasteiger partial charge on any atom is 0.352 e. The molecule has 0 unspecified atom stereocenters. The van der Waals surface area contributed by atoms with Crippen molar-refractivity contribution >= 4 is 5.97 Å². The molecule has 1 N–H and O–H groups in total. The van der Waals surface area contributed by atoms with Crippen molar-refractivity contribution < 1.29 is 9.90 Å². The van der Waals surface area contributed by atoms with E-state index in [2.05, 4.69) is 0 Å². The Kier molecular flexibility index (Phi) is 2.17. The Morgan fingerprint density at radius 2 is 1.91 bits per heavy atom. The van der Waals surface area contributed by atoms with Crippen LogP contribution in [0, 0.1) is 0 Å². The van der Waals surface area contributed by atoms with Gasteiger partial charge >= 0.3 is 5.97 Å². The minimum absolute atomic E-state index is 0.483. The monoisotopic (exact) mass is 155 g/mol. The standard InChI is InChI=1S/C8H13NO2/c1-6(2)7(8(10)11)9-4-3-5-9/h3-5H2,1-2H3,(H,10,11). The summed E-state index contributed by atoms with van der Waals surface area (Å²) in [7, 11) is 0. The molecule has 0 aromatic heterocycles. The molecule has 0 radical (unpaired) electrons. The van der Waals surface area contributed by atoms with E-state index in [1.807, 2.05) is 18.7 Å². The molecule has 0 saturated carbocycles. The molecule has 0 bridgehead atoms. The molecule has 0 aromatic carbocycles. The molecule has 3 nitrogen and oxygen atoms in total. The molecule has 1 aliphatic heterocycles. The van der Waals surface area contributed by atoms with E-state index in [0.717, 1.165) is 25.1 Å². The van der Waals surface area contributed by atoms with Crippen molar-refractivity contribution in [3.63, 3.8) is 0 Å². The molecule has 3 heteroatoms. The predicted octanol–water partition coefficient (Wildman–Crippen LogP) is 1.07. The Labute approximate surface area is 66.3 Å². The summed E-state index contributed by atoms with van der Waals surface area (Å²) >= 11 is 0. The summed E-state index contributed by atoms with van der Waals surface area (Å²) in [6, 6.07) is 0. The summed E-state index contributed by atoms with van der Waals surface area (Å²) < 4.78 is 0. The van der Waals surface area contributed by atoms with Crippen molar-refractivity contribution in [1.29, 1.82) is 0 Å². The Balaban J connectivity index is 2.75. The van der Waals surface area contributed by atoms with Crippen LogP contribution in [0.3, 0.4) is 0 Å². The Morgan fingerprint density at radius 1 is 1.36 bits per heavy atom. The molecule has 1 fully saturated rings. The summed E-state index contributed by atoms with van der Waals surface area (Å²) in [6.45, 7) is 5.46. The highest BCUT2D eigenvalue weighted by Gasteiger charge is 2.22. The van der Waals surface area contributed by atoms with Gasteiger partial charge in [-0.1, -0.05) is 0 Å². The molecule has 1 aliphatic rings. The number of carbonyl (C=O) groups is 1. The van der Waals surface area contributed by atoms with Crippen molar-refractivity contribution in [3.8, 4) is 0 Å². The average molecular weight is 155 g/mol. The van der Waals surface area contributed by atoms with Gasteiger partial charge in [0.25, 0.3) is 0 Å². The summed E-state index contributed by atoms with van der Waals surface area (Å²) in [4.78, 5) is 12.6. The van der Waals surface area contributed by atoms with Gasteiger partial charge < -0.3 is 10.0 Å². The van der Waals surface area contributed by atoms with Crippen LogP contribution in [0.2, 0.25) is 0 Å². The summed E-state index contributed by atoms with van der Waals surface area (Å²) in [6.07, 6.45) is 1.12. The third-order valence-corrected chi connectivity index (χ3v) is 1.85. The smallest absolute Gasteiger partial charge is 0.352 e. The van der Waals surface area contributed by atoms with E-state index in [1.54, 1.807) is 0 Å². The van der Waals surface area contributed by atoms with E-state index in [1.165, 1.54) is 0 Å². The number of hydrogen-bond donors (Lipinski definition) is 1. The first-order valence-corrected chi connectivity index (χ1v) is 3.78. The van der Waals surface area contributed by atoms with Crippen LogP contribution in [0.15, 0.2) is 11.3 Å². The number of likely N-dealkylation sites (tertiary alicyclic amines) is 1. The molecule has 1 heterocycles. The van der Waals surface area contributed by atoms with Crippen molar-refractivity contribution in [2.75, 3.05) is 13.1 Å². The second-order valence-electron chi connectivity index (χ2n) is 2.99. The van der Waals surface area contributed by atoms with Crippen molar-refractivity contribution in [2.45, 2.75) is 20.3 Å². The van der Waals surface area contributed by atoms with E-state index < -0.39 is 5.97 Å². The van der Waals surface area contributed by atoms with Crippen LogP contribution in [-0.4, -0.2) is 29.1 Å². The van der Waals surface area contributed by atoms with Crippen LogP contribution in [0.4, 0.5) is 0 Å². The lowest BCUT2D eigenvalue weighted by Gasteiger charge is -2.34. The fourth-order valence-electron chi connectivity index (χ4n) is 1.21. The molecular formula is C8H13NO2. The molecule has 1 saturated heterocycles. The topological polar surface area (TPSA) is 40.5 Å². The van der Waals surface area contributed by atoms with Crippen LogP contribution < -0.4 is 0 Å². The lowest BCUT2D eigenvalue weighted by atomic mass is 10.1. The number of allylic oxidation sites excluding steroid dienone is 1. The van der Waals surface area contributed by atoms with Gasteiger partial charge in [0.15, 0.2) is 0 Å². The molecule has 11 heavy (non-hydrogen) atoms. The predicted molar refractivity (Wildman–Crippen MR) is 42.2 cm³/mol. The van der Waals surface area contributed by atoms with Crippen LogP contribution in [0.5, 0.6) is 0 Å². The normalized spacial score (nSPS) is 15.6. The number of hydrogen-bond acceptors (Lipinski definition) is 2. The average Bonchev–Trinajstić information content (AvgIpc) is 1.75. The lowest BCUT2D eigenvalue weighted by Crippen LogP contribution is -2.39. The zero-order valence-corrected chi connectivity index (χ0v) is 6.92. The summed E-state index contributed by atoms with van der Waals surface area (Å²) in [5.74, 6) is -0.801. The summed E-state index contributed by atoms with van der Waals surface area (Å²) in [5, 5.41) is 8.78. The highest BCUT2D eigenvalue weighted by Crippen LogP contribution is 2.17. The van der Waals surface area contributed by atoms with E-state index in [4.69, 9.17) is 5.11 Å². The van der Waals surface area contributed by atoms with E-state index in [-0.39, 0.29) is 0 Å². The number of carboxylic acids is 1. The minimum atomic E-state index is -0.801. The maximum atomic E-state index is 10.7. The van der Waals surface area contributed by atoms with Crippen LogP contribution >= 0.6 is 0 Å². The van der Waals surface area contributed by atoms with Gasteiger partial charge in [-0.3, -0.25) is 0 Å². The number of aliphatic carboxylic acids is 1. The van der Waals surface area contributed by atoms with Gasteiger partial charge in [-0.15, -0.1) is 0 Å². The lowest BCUT2D eigenvalue weighted by molar-refractivity contribution is -0.135. The van der Waals surface area contributed by atoms with Crippen molar-refractivity contribution in [1.82, 2.24) is 4.90 Å². The Hall–Kier alpha value is -0.990. The first kappa shape index (κ1) is 8.11. The van der Waals surface area contributed by atoms with Gasteiger partial charge in [0.1, 0.15) is 5.70 Å². The van der Waals surface area contributed by atoms with Gasteiger partial charge in [0, 0.05) is 13.1 Å². The van der Waals surface area contributed by atoms with E-state index in [9.17, 15) is 4.79 Å². The van der Waals surface area contributed by atoms with Gasteiger partial charge in [0.2, 0.25) is 0 Å². The second kappa shape index (κ2) is 2.95. The fourth-order valence-corrected chi connectivity index (χ4v) is 1.21. The molecule has 0 atom stereocenters. The minimum Gasteiger partial charge on any atom is -0.477 e. The number of carboxylic acid groups (broad SMARTS) is 1. The zero-order valence-electron chi connectivity index (χ0n) is 6.92. The molecule has 0 amide bonds. The number of rotatable bonds is 2. The fraction of sp³-hybridized carbons (Fsp3) is 0.625. The summed E-state index contributed by atoms with van der Waals surface area (Å²) in [5.41, 5.74) is 1.37. The van der Waals surface area contributed by atoms with Crippen molar-refractivity contribution in [3.05, 3.63) is 11.3 Å². The van der Waals surface area contributed by atoms with Crippen molar-refractivity contribution in [2.24, 2.45) is 0 Å². The first-order valence-electron chi connectivity index (χ1n) is 3.78. The largest absolute Gasteiger partial charge is 0.477 e. The molecule has 0 aliphatic carbocycles. The van der Waals surface area contributed by atoms with Crippen LogP contribution in [0.25, 0.3) is 0 Å². The highest BCUT2D eigenvalue weighted by atomic mass is 16.4. The molecule has 0 aromatic rings. The van der Waals surface area contributed by atoms with Gasteiger partial charge in [-0.2, -0.15) is 0 Å². The highest BCUT2D eigenvalue weighted by molar-refractivity contribution is 5.86. The molecule has 0 spiro atoms. The number of nitrogens with zero attached hydrogens (tertiary/aromatic N) is 1. The van der Waals surface area contributed by atoms with Gasteiger partial charge in [-0.25, -0.2) is 4.79 Å². The molecular weight excluding hydrogens is 142 g/mol. The first-order chi connectivity index (χ1) is 5.13. The van der Waals surface area contributed by atoms with Gasteiger partial charge in [-0.05, 0) is 25.8 Å². The molecule has 1 rings (SSSR count). The van der Waals surface area contributed by atoms with Gasteiger partial charge in [0.05, 0.1) is 0 Å². The van der Waals surface area contributed by atoms with Crippen LogP contribution in [-0.2, 0) is 4.79 Å². The third-order valence-electron chi connectivity index (χ3n) is 1.85. The quantitative estimate of drug-likeness (QED) is 0.606. The Morgan fingerprint density at radius 3 is 2.00 bits per heavy atom. The second-order valence-corrected chi connectivity index (χ2v) is 2.99. The van der Waals surface area contributed by atoms with Crippen LogP contribution in [0.1, 0.15) is 20.3 Å². The zero-order chi connectivity index (χ0) is 8.43. The SMILES string of the molecule is CC(C)=C(C(=O)O)N1CCC1. The molecule has 62 valence electrons. The Bertz CT molecular complexity index is 200. The maximum absolute atomic E-state index is 10.7. The third kappa shape index (κ3) is 1.53. The van der Waals surface area contributed by atoms with E-state index >= 15 is 0 Å². The van der Waals surface area contributed by atoms with E-state index in [0.29, 0.717) is 5.70 Å².